The van der Waals surface area contributed by atoms with E-state index in [4.69, 9.17) is 0 Å². The number of aliphatic hydroxyl groups is 1. The Morgan fingerprint density at radius 1 is 1.50 bits per heavy atom. The molecule has 0 aliphatic carbocycles. The van der Waals surface area contributed by atoms with Gasteiger partial charge in [-0.2, -0.15) is 13.8 Å². The van der Waals surface area contributed by atoms with E-state index < -0.39 is 6.10 Å². The van der Waals surface area contributed by atoms with Crippen molar-refractivity contribution in [2.45, 2.75) is 32.4 Å². The van der Waals surface area contributed by atoms with Crippen molar-refractivity contribution in [3.63, 3.8) is 0 Å². The van der Waals surface area contributed by atoms with E-state index in [1.807, 2.05) is 16.9 Å². The highest BCUT2D eigenvalue weighted by atomic mass is 32.1. The molecule has 0 amide bonds. The Bertz CT molecular complexity index is 437. The van der Waals surface area contributed by atoms with Gasteiger partial charge in [0.2, 0.25) is 0 Å². The fraction of sp³-hybridized carbons (Fsp3) is 0.500. The van der Waals surface area contributed by atoms with Crippen LogP contribution in [0, 0.1) is 0 Å². The summed E-state index contributed by atoms with van der Waals surface area (Å²) in [5.74, 6) is 0. The first-order valence-corrected chi connectivity index (χ1v) is 5.89. The largest absolute Gasteiger partial charge is 0.386 e. The fourth-order valence-electron chi connectivity index (χ4n) is 1.40. The van der Waals surface area contributed by atoms with Crippen LogP contribution in [-0.2, 0) is 6.42 Å². The minimum Gasteiger partial charge on any atom is -0.386 e. The van der Waals surface area contributed by atoms with Crippen LogP contribution >= 0.6 is 11.7 Å². The molecular weight excluding hydrogens is 224 g/mol. The minimum absolute atomic E-state index is 0.340. The van der Waals surface area contributed by atoms with Gasteiger partial charge in [-0.05, 0) is 19.9 Å². The van der Waals surface area contributed by atoms with Gasteiger partial charge in [0.1, 0.15) is 11.8 Å². The summed E-state index contributed by atoms with van der Waals surface area (Å²) in [6.07, 6.45) is 3.38. The summed E-state index contributed by atoms with van der Waals surface area (Å²) < 4.78 is 9.74. The SMILES string of the molecule is CC(C)n1ccc(CC(O)c2cnsn2)n1. The van der Waals surface area contributed by atoms with E-state index in [2.05, 4.69) is 27.7 Å². The van der Waals surface area contributed by atoms with Gasteiger partial charge in [-0.15, -0.1) is 0 Å². The third-order valence-electron chi connectivity index (χ3n) is 2.31. The van der Waals surface area contributed by atoms with Crippen molar-refractivity contribution in [1.82, 2.24) is 18.5 Å². The Hall–Kier alpha value is -1.27. The lowest BCUT2D eigenvalue weighted by molar-refractivity contribution is 0.173. The van der Waals surface area contributed by atoms with Crippen molar-refractivity contribution in [1.29, 1.82) is 0 Å². The van der Waals surface area contributed by atoms with Crippen LogP contribution in [0.25, 0.3) is 0 Å². The quantitative estimate of drug-likeness (QED) is 0.878. The van der Waals surface area contributed by atoms with E-state index in [-0.39, 0.29) is 0 Å². The zero-order chi connectivity index (χ0) is 11.5. The van der Waals surface area contributed by atoms with Crippen LogP contribution in [-0.4, -0.2) is 23.6 Å². The smallest absolute Gasteiger partial charge is 0.104 e. The van der Waals surface area contributed by atoms with Crippen LogP contribution in [0.4, 0.5) is 0 Å². The van der Waals surface area contributed by atoms with Crippen molar-refractivity contribution >= 4 is 11.7 Å². The molecule has 0 aromatic carbocycles. The molecule has 5 nitrogen and oxygen atoms in total. The molecular formula is C10H14N4OS. The number of nitrogens with zero attached hydrogens (tertiary/aromatic N) is 4. The van der Waals surface area contributed by atoms with Gasteiger partial charge in [-0.3, -0.25) is 4.68 Å². The Morgan fingerprint density at radius 3 is 2.88 bits per heavy atom. The van der Waals surface area contributed by atoms with Crippen molar-refractivity contribution in [2.24, 2.45) is 0 Å². The maximum absolute atomic E-state index is 9.87. The number of aliphatic hydroxyl groups excluding tert-OH is 1. The first-order valence-electron chi connectivity index (χ1n) is 5.16. The predicted octanol–water partition coefficient (Wildman–Crippen LogP) is 1.59. The molecule has 6 heteroatoms. The topological polar surface area (TPSA) is 63.8 Å². The third kappa shape index (κ3) is 2.45. The number of hydrogen-bond donors (Lipinski definition) is 1. The van der Waals surface area contributed by atoms with E-state index in [0.717, 1.165) is 17.4 Å². The monoisotopic (exact) mass is 238 g/mol. The molecule has 1 unspecified atom stereocenters. The van der Waals surface area contributed by atoms with E-state index >= 15 is 0 Å². The van der Waals surface area contributed by atoms with Crippen LogP contribution in [0.1, 0.15) is 37.4 Å². The van der Waals surface area contributed by atoms with E-state index in [0.29, 0.717) is 18.2 Å². The van der Waals surface area contributed by atoms with E-state index in [1.165, 1.54) is 0 Å². The summed E-state index contributed by atoms with van der Waals surface area (Å²) in [7, 11) is 0. The standard InChI is InChI=1S/C10H14N4OS/c1-7(2)14-4-3-8(12-14)5-10(15)9-6-11-16-13-9/h3-4,6-7,10,15H,5H2,1-2H3. The molecule has 1 N–H and O–H groups in total. The maximum Gasteiger partial charge on any atom is 0.104 e. The molecule has 1 atom stereocenters. The number of hydrogen-bond acceptors (Lipinski definition) is 5. The maximum atomic E-state index is 9.87. The Balaban J connectivity index is 2.03. The van der Waals surface area contributed by atoms with Crippen molar-refractivity contribution < 1.29 is 5.11 Å². The lowest BCUT2D eigenvalue weighted by atomic mass is 10.1. The Labute approximate surface area is 98.1 Å². The summed E-state index contributed by atoms with van der Waals surface area (Å²) in [6.45, 7) is 4.13. The van der Waals surface area contributed by atoms with Crippen molar-refractivity contribution in [2.75, 3.05) is 0 Å². The van der Waals surface area contributed by atoms with Gasteiger partial charge in [-0.1, -0.05) is 0 Å². The highest BCUT2D eigenvalue weighted by Crippen LogP contribution is 2.16. The molecule has 0 aliphatic rings. The molecule has 2 aromatic rings. The highest BCUT2D eigenvalue weighted by molar-refractivity contribution is 6.99. The summed E-state index contributed by atoms with van der Waals surface area (Å²) in [6, 6.07) is 2.26. The van der Waals surface area contributed by atoms with Crippen molar-refractivity contribution in [3.8, 4) is 0 Å². The molecule has 0 saturated heterocycles. The second-order valence-corrected chi connectivity index (χ2v) is 4.49. The van der Waals surface area contributed by atoms with E-state index in [1.54, 1.807) is 6.20 Å². The van der Waals surface area contributed by atoms with Gasteiger partial charge in [0.05, 0.1) is 23.6 Å². The molecule has 86 valence electrons. The number of aromatic nitrogens is 4. The Kier molecular flexibility index (Phi) is 3.31. The van der Waals surface area contributed by atoms with Crippen LogP contribution in [0.15, 0.2) is 18.5 Å². The van der Waals surface area contributed by atoms with Crippen LogP contribution in [0.2, 0.25) is 0 Å². The lowest BCUT2D eigenvalue weighted by Gasteiger charge is -2.06. The molecule has 2 aromatic heterocycles. The average Bonchev–Trinajstić information content (AvgIpc) is 2.87. The molecule has 0 aliphatic heterocycles. The molecule has 0 fully saturated rings. The van der Waals surface area contributed by atoms with Gasteiger partial charge >= 0.3 is 0 Å². The summed E-state index contributed by atoms with van der Waals surface area (Å²) in [4.78, 5) is 0. The van der Waals surface area contributed by atoms with Gasteiger partial charge < -0.3 is 5.11 Å². The molecule has 16 heavy (non-hydrogen) atoms. The third-order valence-corrected chi connectivity index (χ3v) is 2.81. The molecule has 2 heterocycles. The van der Waals surface area contributed by atoms with Gasteiger partial charge in [0, 0.05) is 18.7 Å². The second kappa shape index (κ2) is 4.71. The molecule has 2 rings (SSSR count). The first-order chi connectivity index (χ1) is 7.66. The van der Waals surface area contributed by atoms with Gasteiger partial charge in [0.15, 0.2) is 0 Å². The summed E-state index contributed by atoms with van der Waals surface area (Å²) >= 11 is 1.10. The molecule has 0 bridgehead atoms. The lowest BCUT2D eigenvalue weighted by Crippen LogP contribution is -2.05. The van der Waals surface area contributed by atoms with E-state index in [9.17, 15) is 5.11 Å². The Morgan fingerprint density at radius 2 is 2.31 bits per heavy atom. The zero-order valence-electron chi connectivity index (χ0n) is 9.24. The highest BCUT2D eigenvalue weighted by Gasteiger charge is 2.13. The van der Waals surface area contributed by atoms with Crippen LogP contribution in [0.5, 0.6) is 0 Å². The second-order valence-electron chi connectivity index (χ2n) is 3.93. The first kappa shape index (κ1) is 11.2. The number of rotatable bonds is 4. The van der Waals surface area contributed by atoms with Gasteiger partial charge in [-0.25, -0.2) is 0 Å². The fourth-order valence-corrected chi connectivity index (χ4v) is 1.86. The molecule has 0 radical (unpaired) electrons. The molecule has 0 saturated carbocycles. The predicted molar refractivity (Wildman–Crippen MR) is 61.2 cm³/mol. The van der Waals surface area contributed by atoms with Crippen LogP contribution < -0.4 is 0 Å². The summed E-state index contributed by atoms with van der Waals surface area (Å²) in [5.41, 5.74) is 1.48. The van der Waals surface area contributed by atoms with Crippen molar-refractivity contribution in [3.05, 3.63) is 29.8 Å². The average molecular weight is 238 g/mol. The van der Waals surface area contributed by atoms with Crippen LogP contribution in [0.3, 0.4) is 0 Å². The minimum atomic E-state index is -0.616. The normalized spacial score (nSPS) is 13.2. The van der Waals surface area contributed by atoms with Gasteiger partial charge in [0.25, 0.3) is 0 Å². The summed E-state index contributed by atoms with van der Waals surface area (Å²) in [5, 5.41) is 14.2. The zero-order valence-corrected chi connectivity index (χ0v) is 10.1. The molecule has 0 spiro atoms.